The van der Waals surface area contributed by atoms with Crippen LogP contribution in [0.5, 0.6) is 0 Å². The van der Waals surface area contributed by atoms with Gasteiger partial charge in [0.15, 0.2) is 0 Å². The van der Waals surface area contributed by atoms with E-state index in [0.717, 1.165) is 5.56 Å². The Bertz CT molecular complexity index is 406. The van der Waals surface area contributed by atoms with Crippen LogP contribution in [0.25, 0.3) is 0 Å². The van der Waals surface area contributed by atoms with Gasteiger partial charge < -0.3 is 0 Å². The molecule has 0 aliphatic heterocycles. The van der Waals surface area contributed by atoms with Crippen LogP contribution in [0.4, 0.5) is 0 Å². The Morgan fingerprint density at radius 2 is 2.00 bits per heavy atom. The molecule has 78 valence electrons. The van der Waals surface area contributed by atoms with Crippen molar-refractivity contribution >= 4 is 21.8 Å². The molecule has 0 saturated carbocycles. The minimum Gasteiger partial charge on any atom is -0.205 e. The third kappa shape index (κ3) is 3.26. The summed E-state index contributed by atoms with van der Waals surface area (Å²) < 4.78 is 26.5. The minimum atomic E-state index is -3.39. The van der Waals surface area contributed by atoms with Gasteiger partial charge in [0.1, 0.15) is 0 Å². The smallest absolute Gasteiger partial charge is 0.205 e. The van der Waals surface area contributed by atoms with Crippen LogP contribution in [0.3, 0.4) is 0 Å². The zero-order chi connectivity index (χ0) is 10.6. The maximum absolute atomic E-state index is 11.0. The number of halogens is 1. The number of nitrogens with one attached hydrogen (secondary N) is 2. The van der Waals surface area contributed by atoms with Crippen molar-refractivity contribution in [3.05, 3.63) is 34.9 Å². The summed E-state index contributed by atoms with van der Waals surface area (Å²) in [6.07, 6.45) is 0. The highest BCUT2D eigenvalue weighted by atomic mass is 35.5. The molecule has 0 amide bonds. The Morgan fingerprint density at radius 3 is 2.57 bits per heavy atom. The van der Waals surface area contributed by atoms with Crippen LogP contribution in [0.1, 0.15) is 5.56 Å². The first-order valence-electron chi connectivity index (χ1n) is 3.97. The Balaban J connectivity index is 2.68. The molecule has 0 fully saturated rings. The topological polar surface area (TPSA) is 58.2 Å². The first-order chi connectivity index (χ1) is 6.55. The Kier molecular flexibility index (Phi) is 3.88. The molecule has 6 heteroatoms. The van der Waals surface area contributed by atoms with Gasteiger partial charge in [-0.25, -0.2) is 4.72 Å². The molecule has 0 heterocycles. The second-order valence-electron chi connectivity index (χ2n) is 2.62. The summed E-state index contributed by atoms with van der Waals surface area (Å²) in [6.45, 7) is 0.183. The largest absolute Gasteiger partial charge is 0.276 e. The van der Waals surface area contributed by atoms with Crippen molar-refractivity contribution in [2.75, 3.05) is 7.05 Å². The van der Waals surface area contributed by atoms with Gasteiger partial charge in [0.05, 0.1) is 0 Å². The lowest BCUT2D eigenvalue weighted by molar-refractivity contribution is 0.573. The lowest BCUT2D eigenvalue weighted by Gasteiger charge is -2.06. The second-order valence-corrected chi connectivity index (χ2v) is 4.73. The number of hydrogen-bond donors (Lipinski definition) is 2. The van der Waals surface area contributed by atoms with Crippen LogP contribution in [0, 0.1) is 0 Å². The van der Waals surface area contributed by atoms with Crippen molar-refractivity contribution in [2.24, 2.45) is 0 Å². The fraction of sp³-hybridized carbons (Fsp3) is 0.250. The predicted octanol–water partition coefficient (Wildman–Crippen LogP) is 0.894. The monoisotopic (exact) mass is 234 g/mol. The Labute approximate surface area is 88.5 Å². The molecule has 0 aromatic heterocycles. The van der Waals surface area contributed by atoms with E-state index in [9.17, 15) is 8.42 Å². The van der Waals surface area contributed by atoms with E-state index in [0.29, 0.717) is 5.02 Å². The standard InChI is InChI=1S/C8H11ClN2O2S/c1-10-14(12,13)11-6-7-4-2-3-5-8(7)9/h2-5,10-11H,6H2,1H3. The SMILES string of the molecule is CNS(=O)(=O)NCc1ccccc1Cl. The minimum absolute atomic E-state index is 0.183. The fourth-order valence-corrected chi connectivity index (χ4v) is 1.58. The summed E-state index contributed by atoms with van der Waals surface area (Å²) >= 11 is 5.84. The molecule has 1 aromatic rings. The van der Waals surface area contributed by atoms with E-state index in [1.807, 2.05) is 0 Å². The number of rotatable bonds is 4. The maximum atomic E-state index is 11.0. The summed E-state index contributed by atoms with van der Waals surface area (Å²) in [5, 5.41) is 0.548. The van der Waals surface area contributed by atoms with Gasteiger partial charge in [-0.05, 0) is 11.6 Å². The van der Waals surface area contributed by atoms with Gasteiger partial charge in [-0.15, -0.1) is 0 Å². The molecule has 0 bridgehead atoms. The summed E-state index contributed by atoms with van der Waals surface area (Å²) in [5.41, 5.74) is 0.744. The van der Waals surface area contributed by atoms with E-state index in [1.165, 1.54) is 7.05 Å². The molecule has 0 unspecified atom stereocenters. The van der Waals surface area contributed by atoms with E-state index < -0.39 is 10.2 Å². The fourth-order valence-electron chi connectivity index (χ4n) is 0.887. The highest BCUT2D eigenvalue weighted by Gasteiger charge is 2.06. The van der Waals surface area contributed by atoms with E-state index >= 15 is 0 Å². The first kappa shape index (κ1) is 11.5. The van der Waals surface area contributed by atoms with Gasteiger partial charge in [-0.3, -0.25) is 0 Å². The summed E-state index contributed by atoms with van der Waals surface area (Å²) in [5.74, 6) is 0. The lowest BCUT2D eigenvalue weighted by atomic mass is 10.2. The van der Waals surface area contributed by atoms with E-state index in [4.69, 9.17) is 11.6 Å². The third-order valence-electron chi connectivity index (χ3n) is 1.68. The molecule has 2 N–H and O–H groups in total. The zero-order valence-corrected chi connectivity index (χ0v) is 9.19. The van der Waals surface area contributed by atoms with Gasteiger partial charge in [-0.1, -0.05) is 29.8 Å². The molecule has 14 heavy (non-hydrogen) atoms. The predicted molar refractivity (Wildman–Crippen MR) is 56.3 cm³/mol. The molecule has 4 nitrogen and oxygen atoms in total. The third-order valence-corrected chi connectivity index (χ3v) is 3.11. The lowest BCUT2D eigenvalue weighted by Crippen LogP contribution is -2.33. The first-order valence-corrected chi connectivity index (χ1v) is 5.83. The number of hydrogen-bond acceptors (Lipinski definition) is 2. The average Bonchev–Trinajstić information content (AvgIpc) is 2.17. The second kappa shape index (κ2) is 4.75. The molecule has 0 atom stereocenters. The van der Waals surface area contributed by atoms with Crippen LogP contribution in [-0.2, 0) is 16.8 Å². The van der Waals surface area contributed by atoms with Crippen molar-refractivity contribution in [1.82, 2.24) is 9.44 Å². The highest BCUT2D eigenvalue weighted by molar-refractivity contribution is 7.87. The number of benzene rings is 1. The van der Waals surface area contributed by atoms with Gasteiger partial charge in [0, 0.05) is 18.6 Å². The molecule has 0 aliphatic carbocycles. The van der Waals surface area contributed by atoms with Crippen LogP contribution in [0.15, 0.2) is 24.3 Å². The van der Waals surface area contributed by atoms with Crippen molar-refractivity contribution in [3.63, 3.8) is 0 Å². The maximum Gasteiger partial charge on any atom is 0.276 e. The van der Waals surface area contributed by atoms with Crippen molar-refractivity contribution in [3.8, 4) is 0 Å². The van der Waals surface area contributed by atoms with E-state index in [-0.39, 0.29) is 6.54 Å². The van der Waals surface area contributed by atoms with Crippen molar-refractivity contribution < 1.29 is 8.42 Å². The van der Waals surface area contributed by atoms with Gasteiger partial charge >= 0.3 is 0 Å². The zero-order valence-electron chi connectivity index (χ0n) is 7.62. The normalized spacial score (nSPS) is 11.6. The van der Waals surface area contributed by atoms with Crippen molar-refractivity contribution in [1.29, 1.82) is 0 Å². The molecule has 0 radical (unpaired) electrons. The average molecular weight is 235 g/mol. The van der Waals surface area contributed by atoms with Gasteiger partial charge in [-0.2, -0.15) is 13.1 Å². The van der Waals surface area contributed by atoms with Gasteiger partial charge in [0.25, 0.3) is 10.2 Å². The van der Waals surface area contributed by atoms with Crippen LogP contribution in [-0.4, -0.2) is 15.5 Å². The highest BCUT2D eigenvalue weighted by Crippen LogP contribution is 2.14. The molecule has 1 aromatic carbocycles. The molecule has 0 aliphatic rings. The summed E-state index contributed by atoms with van der Waals surface area (Å²) in [4.78, 5) is 0. The summed E-state index contributed by atoms with van der Waals surface area (Å²) in [7, 11) is -2.05. The van der Waals surface area contributed by atoms with E-state index in [2.05, 4.69) is 9.44 Å². The van der Waals surface area contributed by atoms with Crippen molar-refractivity contribution in [2.45, 2.75) is 6.54 Å². The van der Waals surface area contributed by atoms with Gasteiger partial charge in [0.2, 0.25) is 0 Å². The van der Waals surface area contributed by atoms with Crippen LogP contribution in [0.2, 0.25) is 5.02 Å². The molecule has 1 rings (SSSR count). The molecular weight excluding hydrogens is 224 g/mol. The Hall–Kier alpha value is -0.620. The van der Waals surface area contributed by atoms with Crippen LogP contribution < -0.4 is 9.44 Å². The molecule has 0 saturated heterocycles. The molecular formula is C8H11ClN2O2S. The van der Waals surface area contributed by atoms with Crippen LogP contribution >= 0.6 is 11.6 Å². The quantitative estimate of drug-likeness (QED) is 0.813. The Morgan fingerprint density at radius 1 is 1.36 bits per heavy atom. The molecule has 0 spiro atoms. The van der Waals surface area contributed by atoms with E-state index in [1.54, 1.807) is 24.3 Å². The summed E-state index contributed by atoms with van der Waals surface area (Å²) in [6, 6.07) is 7.07.